The highest BCUT2D eigenvalue weighted by molar-refractivity contribution is 6.42. The van der Waals surface area contributed by atoms with E-state index in [9.17, 15) is 9.59 Å². The van der Waals surface area contributed by atoms with Crippen LogP contribution < -0.4 is 4.90 Å². The van der Waals surface area contributed by atoms with E-state index in [-0.39, 0.29) is 12.5 Å². The molecule has 6 heteroatoms. The highest BCUT2D eigenvalue weighted by Crippen LogP contribution is 2.41. The molecule has 122 valence electrons. The molecule has 24 heavy (non-hydrogen) atoms. The van der Waals surface area contributed by atoms with Crippen LogP contribution in [0, 0.1) is 0 Å². The highest BCUT2D eigenvalue weighted by atomic mass is 35.5. The molecule has 0 fully saturated rings. The second-order valence-electron chi connectivity index (χ2n) is 5.43. The van der Waals surface area contributed by atoms with Crippen molar-refractivity contribution in [1.82, 2.24) is 0 Å². The average Bonchev–Trinajstić information content (AvgIpc) is 2.81. The third kappa shape index (κ3) is 2.79. The molecule has 2 aromatic rings. The van der Waals surface area contributed by atoms with Gasteiger partial charge < -0.3 is 5.11 Å². The minimum absolute atomic E-state index is 0.331. The van der Waals surface area contributed by atoms with Crippen molar-refractivity contribution in [3.63, 3.8) is 0 Å². The summed E-state index contributed by atoms with van der Waals surface area (Å²) in [6.45, 7) is 1.43. The lowest BCUT2D eigenvalue weighted by Gasteiger charge is -2.14. The molecule has 1 N–H and O–H groups in total. The molecule has 1 heterocycles. The van der Waals surface area contributed by atoms with Gasteiger partial charge in [0.15, 0.2) is 0 Å². The number of carboxylic acids is 1. The molecule has 0 atom stereocenters. The minimum Gasteiger partial charge on any atom is -0.480 e. The van der Waals surface area contributed by atoms with E-state index in [0.717, 1.165) is 11.1 Å². The van der Waals surface area contributed by atoms with Gasteiger partial charge in [-0.1, -0.05) is 47.5 Å². The Bertz CT molecular complexity index is 890. The number of para-hydroxylation sites is 1. The topological polar surface area (TPSA) is 57.6 Å². The maximum Gasteiger partial charge on any atom is 0.323 e. The molecule has 4 nitrogen and oxygen atoms in total. The molecule has 0 saturated carbocycles. The molecule has 0 unspecified atom stereocenters. The fourth-order valence-electron chi connectivity index (χ4n) is 2.81. The molecule has 0 aliphatic carbocycles. The number of rotatable bonds is 3. The van der Waals surface area contributed by atoms with Crippen LogP contribution in [-0.4, -0.2) is 23.5 Å². The third-order valence-electron chi connectivity index (χ3n) is 3.94. The quantitative estimate of drug-likeness (QED) is 0.826. The van der Waals surface area contributed by atoms with Gasteiger partial charge in [0, 0.05) is 5.56 Å². The summed E-state index contributed by atoms with van der Waals surface area (Å²) in [7, 11) is 0. The van der Waals surface area contributed by atoms with Crippen molar-refractivity contribution in [2.24, 2.45) is 0 Å². The van der Waals surface area contributed by atoms with Crippen LogP contribution in [-0.2, 0) is 9.59 Å². The zero-order valence-electron chi connectivity index (χ0n) is 12.7. The lowest BCUT2D eigenvalue weighted by Crippen LogP contribution is -2.32. The first-order valence-corrected chi connectivity index (χ1v) is 7.95. The monoisotopic (exact) mass is 361 g/mol. The number of nitrogens with zero attached hydrogens (tertiary/aromatic N) is 1. The van der Waals surface area contributed by atoms with Crippen molar-refractivity contribution in [2.45, 2.75) is 6.92 Å². The predicted molar refractivity (Wildman–Crippen MR) is 95.4 cm³/mol. The first-order chi connectivity index (χ1) is 11.4. The lowest BCUT2D eigenvalue weighted by atomic mass is 9.97. The number of carboxylic acid groups (broad SMARTS) is 1. The van der Waals surface area contributed by atoms with Crippen LogP contribution >= 0.6 is 23.2 Å². The van der Waals surface area contributed by atoms with Crippen LogP contribution in [0.4, 0.5) is 5.69 Å². The zero-order valence-corrected chi connectivity index (χ0v) is 14.2. The van der Waals surface area contributed by atoms with Gasteiger partial charge in [-0.05, 0) is 36.3 Å². The summed E-state index contributed by atoms with van der Waals surface area (Å²) >= 11 is 12.0. The van der Waals surface area contributed by atoms with E-state index in [1.807, 2.05) is 19.1 Å². The first-order valence-electron chi connectivity index (χ1n) is 7.19. The smallest absolute Gasteiger partial charge is 0.323 e. The van der Waals surface area contributed by atoms with E-state index >= 15 is 0 Å². The number of benzene rings is 2. The SMILES string of the molecule is C/C(=C1\C(=O)N(CC(=O)O)c2ccccc21)c1ccc(Cl)c(Cl)c1. The van der Waals surface area contributed by atoms with Gasteiger partial charge in [0.25, 0.3) is 5.91 Å². The molecule has 1 aliphatic rings. The number of hydrogen-bond donors (Lipinski definition) is 1. The van der Waals surface area contributed by atoms with Crippen molar-refractivity contribution < 1.29 is 14.7 Å². The van der Waals surface area contributed by atoms with Crippen LogP contribution in [0.2, 0.25) is 10.0 Å². The number of allylic oxidation sites excluding steroid dienone is 1. The highest BCUT2D eigenvalue weighted by Gasteiger charge is 2.34. The van der Waals surface area contributed by atoms with Gasteiger partial charge in [0.05, 0.1) is 21.3 Å². The summed E-state index contributed by atoms with van der Waals surface area (Å²) < 4.78 is 0. The van der Waals surface area contributed by atoms with Crippen molar-refractivity contribution in [3.05, 3.63) is 63.6 Å². The van der Waals surface area contributed by atoms with Gasteiger partial charge in [-0.25, -0.2) is 0 Å². The molecule has 1 aliphatic heterocycles. The van der Waals surface area contributed by atoms with Gasteiger partial charge in [0.2, 0.25) is 0 Å². The van der Waals surface area contributed by atoms with Gasteiger partial charge in [-0.15, -0.1) is 0 Å². The molecule has 0 bridgehead atoms. The van der Waals surface area contributed by atoms with Crippen LogP contribution in [0.1, 0.15) is 18.1 Å². The number of aliphatic carboxylic acids is 1. The normalized spacial score (nSPS) is 15.5. The van der Waals surface area contributed by atoms with Crippen LogP contribution in [0.15, 0.2) is 42.5 Å². The van der Waals surface area contributed by atoms with Crippen LogP contribution in [0.25, 0.3) is 11.1 Å². The first kappa shape index (κ1) is 16.6. The summed E-state index contributed by atoms with van der Waals surface area (Å²) in [5, 5.41) is 9.92. The van der Waals surface area contributed by atoms with E-state index in [2.05, 4.69) is 0 Å². The van der Waals surface area contributed by atoms with Crippen LogP contribution in [0.3, 0.4) is 0 Å². The van der Waals surface area contributed by atoms with E-state index in [0.29, 0.717) is 26.9 Å². The number of anilines is 1. The fourth-order valence-corrected chi connectivity index (χ4v) is 3.11. The second kappa shape index (κ2) is 6.30. The van der Waals surface area contributed by atoms with Crippen LogP contribution in [0.5, 0.6) is 0 Å². The average molecular weight is 362 g/mol. The molecule has 3 rings (SSSR count). The van der Waals surface area contributed by atoms with Gasteiger partial charge >= 0.3 is 5.97 Å². The Morgan fingerprint density at radius 1 is 1.12 bits per heavy atom. The Morgan fingerprint density at radius 2 is 1.83 bits per heavy atom. The molecule has 0 spiro atoms. The number of carbonyl (C=O) groups excluding carboxylic acids is 1. The predicted octanol–water partition coefficient (Wildman–Crippen LogP) is 4.36. The Labute approximate surface area is 148 Å². The van der Waals surface area contributed by atoms with E-state index in [1.54, 1.807) is 30.3 Å². The zero-order chi connectivity index (χ0) is 17.4. The summed E-state index contributed by atoms with van der Waals surface area (Å²) in [6, 6.07) is 12.3. The standard InChI is InChI=1S/C18H13Cl2NO3/c1-10(11-6-7-13(19)14(20)8-11)17-12-4-2-3-5-15(12)21(18(17)24)9-16(22)23/h2-8H,9H2,1H3,(H,22,23)/b17-10+. The third-order valence-corrected chi connectivity index (χ3v) is 4.68. The number of halogens is 2. The molecule has 1 amide bonds. The number of fused-ring (bicyclic) bond motifs is 1. The Balaban J connectivity index is 2.17. The summed E-state index contributed by atoms with van der Waals surface area (Å²) in [4.78, 5) is 25.2. The molecular formula is C18H13Cl2NO3. The molecule has 0 aromatic heterocycles. The molecule has 0 saturated heterocycles. The maximum absolute atomic E-state index is 12.8. The van der Waals surface area contributed by atoms with E-state index in [1.165, 1.54) is 4.90 Å². The van der Waals surface area contributed by atoms with Crippen molar-refractivity contribution in [1.29, 1.82) is 0 Å². The summed E-state index contributed by atoms with van der Waals surface area (Å²) in [5.74, 6) is -1.39. The Hall–Kier alpha value is -2.30. The van der Waals surface area contributed by atoms with Crippen molar-refractivity contribution in [3.8, 4) is 0 Å². The Kier molecular flexibility index (Phi) is 4.35. The number of amides is 1. The molecule has 0 radical (unpaired) electrons. The minimum atomic E-state index is -1.06. The van der Waals surface area contributed by atoms with E-state index < -0.39 is 5.97 Å². The largest absolute Gasteiger partial charge is 0.480 e. The fraction of sp³-hybridized carbons (Fsp3) is 0.111. The number of hydrogen-bond acceptors (Lipinski definition) is 2. The van der Waals surface area contributed by atoms with Crippen molar-refractivity contribution >= 4 is 51.9 Å². The maximum atomic E-state index is 12.8. The summed E-state index contributed by atoms with van der Waals surface area (Å²) in [5.41, 5.74) is 3.27. The van der Waals surface area contributed by atoms with Crippen molar-refractivity contribution in [2.75, 3.05) is 11.4 Å². The van der Waals surface area contributed by atoms with Gasteiger partial charge in [-0.3, -0.25) is 14.5 Å². The molecular weight excluding hydrogens is 349 g/mol. The summed E-state index contributed by atoms with van der Waals surface area (Å²) in [6.07, 6.45) is 0. The van der Waals surface area contributed by atoms with E-state index in [4.69, 9.17) is 28.3 Å². The molecule has 2 aromatic carbocycles. The van der Waals surface area contributed by atoms with Gasteiger partial charge in [0.1, 0.15) is 6.54 Å². The lowest BCUT2D eigenvalue weighted by molar-refractivity contribution is -0.136. The Morgan fingerprint density at radius 3 is 2.50 bits per heavy atom. The second-order valence-corrected chi connectivity index (χ2v) is 6.25. The number of carbonyl (C=O) groups is 2. The van der Waals surface area contributed by atoms with Gasteiger partial charge in [-0.2, -0.15) is 0 Å².